The van der Waals surface area contributed by atoms with Crippen LogP contribution in [0.5, 0.6) is 0 Å². The molecular weight excluding hydrogens is 254 g/mol. The van der Waals surface area contributed by atoms with Crippen molar-refractivity contribution in [3.05, 3.63) is 29.3 Å². The molecule has 0 unspecified atom stereocenters. The maximum atomic E-state index is 12.4. The zero-order chi connectivity index (χ0) is 14.3. The summed E-state index contributed by atoms with van der Waals surface area (Å²) in [5.41, 5.74) is 7.05. The Balaban J connectivity index is 1.78. The Bertz CT molecular complexity index is 562. The SMILES string of the molecule is CN1CCC(CN2C(=O)c3cccc(N)c3C2=O)CC1. The molecule has 3 rings (SSSR count). The lowest BCUT2D eigenvalue weighted by atomic mass is 9.96. The number of piperidine rings is 1. The van der Waals surface area contributed by atoms with Gasteiger partial charge in [-0.3, -0.25) is 14.5 Å². The van der Waals surface area contributed by atoms with E-state index >= 15 is 0 Å². The number of imide groups is 1. The van der Waals surface area contributed by atoms with Gasteiger partial charge >= 0.3 is 0 Å². The van der Waals surface area contributed by atoms with Gasteiger partial charge in [0.05, 0.1) is 11.1 Å². The number of amides is 2. The third-order valence-corrected chi connectivity index (χ3v) is 4.31. The molecule has 106 valence electrons. The molecule has 1 aromatic rings. The Hall–Kier alpha value is -1.88. The molecule has 5 nitrogen and oxygen atoms in total. The summed E-state index contributed by atoms with van der Waals surface area (Å²) in [6.45, 7) is 2.56. The molecule has 0 atom stereocenters. The summed E-state index contributed by atoms with van der Waals surface area (Å²) in [6, 6.07) is 5.07. The number of hydrogen-bond acceptors (Lipinski definition) is 4. The molecule has 2 N–H and O–H groups in total. The molecule has 0 aliphatic carbocycles. The number of carbonyl (C=O) groups is 2. The minimum atomic E-state index is -0.234. The number of carbonyl (C=O) groups excluding carboxylic acids is 2. The third kappa shape index (κ3) is 2.08. The van der Waals surface area contributed by atoms with Gasteiger partial charge in [-0.2, -0.15) is 0 Å². The molecule has 0 bridgehead atoms. The average molecular weight is 273 g/mol. The summed E-state index contributed by atoms with van der Waals surface area (Å²) in [4.78, 5) is 28.4. The van der Waals surface area contributed by atoms with Crippen molar-refractivity contribution >= 4 is 17.5 Å². The fraction of sp³-hybridized carbons (Fsp3) is 0.467. The first-order chi connectivity index (χ1) is 9.58. The van der Waals surface area contributed by atoms with Gasteiger partial charge in [0, 0.05) is 12.2 Å². The highest BCUT2D eigenvalue weighted by molar-refractivity contribution is 6.23. The molecule has 1 fully saturated rings. The van der Waals surface area contributed by atoms with Crippen molar-refractivity contribution in [2.75, 3.05) is 32.4 Å². The Labute approximate surface area is 118 Å². The summed E-state index contributed by atoms with van der Waals surface area (Å²) >= 11 is 0. The van der Waals surface area contributed by atoms with Gasteiger partial charge in [-0.25, -0.2) is 0 Å². The van der Waals surface area contributed by atoms with Crippen LogP contribution in [0.1, 0.15) is 33.6 Å². The minimum Gasteiger partial charge on any atom is -0.398 e. The van der Waals surface area contributed by atoms with Gasteiger partial charge < -0.3 is 10.6 Å². The first kappa shape index (κ1) is 13.1. The molecule has 0 spiro atoms. The van der Waals surface area contributed by atoms with Crippen LogP contribution < -0.4 is 5.73 Å². The number of rotatable bonds is 2. The Morgan fingerprint density at radius 3 is 2.55 bits per heavy atom. The number of nitrogen functional groups attached to an aromatic ring is 1. The zero-order valence-corrected chi connectivity index (χ0v) is 11.6. The van der Waals surface area contributed by atoms with Gasteiger partial charge in [-0.1, -0.05) is 6.07 Å². The van der Waals surface area contributed by atoms with E-state index in [0.717, 1.165) is 25.9 Å². The molecular formula is C15H19N3O2. The van der Waals surface area contributed by atoms with Crippen molar-refractivity contribution in [2.45, 2.75) is 12.8 Å². The van der Waals surface area contributed by atoms with Crippen LogP contribution in [0.15, 0.2) is 18.2 Å². The second-order valence-electron chi connectivity index (χ2n) is 5.74. The second kappa shape index (κ2) is 4.90. The molecule has 2 heterocycles. The zero-order valence-electron chi connectivity index (χ0n) is 11.6. The minimum absolute atomic E-state index is 0.198. The third-order valence-electron chi connectivity index (χ3n) is 4.31. The van der Waals surface area contributed by atoms with E-state index < -0.39 is 0 Å². The summed E-state index contributed by atoms with van der Waals surface area (Å²) in [7, 11) is 2.10. The summed E-state index contributed by atoms with van der Waals surface area (Å²) in [5.74, 6) is -0.0344. The Morgan fingerprint density at radius 2 is 1.90 bits per heavy atom. The average Bonchev–Trinajstić information content (AvgIpc) is 2.67. The molecule has 20 heavy (non-hydrogen) atoms. The predicted molar refractivity (Wildman–Crippen MR) is 76.4 cm³/mol. The number of nitrogens with two attached hydrogens (primary N) is 1. The summed E-state index contributed by atoms with van der Waals surface area (Å²) < 4.78 is 0. The number of likely N-dealkylation sites (tertiary alicyclic amines) is 1. The summed E-state index contributed by atoms with van der Waals surface area (Å²) in [5, 5.41) is 0. The topological polar surface area (TPSA) is 66.6 Å². The molecule has 0 radical (unpaired) electrons. The van der Waals surface area contributed by atoms with Crippen LogP contribution >= 0.6 is 0 Å². The quantitative estimate of drug-likeness (QED) is 0.649. The highest BCUT2D eigenvalue weighted by Gasteiger charge is 2.38. The van der Waals surface area contributed by atoms with E-state index in [1.807, 2.05) is 0 Å². The molecule has 2 aliphatic heterocycles. The fourth-order valence-electron chi connectivity index (χ4n) is 3.03. The van der Waals surface area contributed by atoms with Crippen molar-refractivity contribution in [1.29, 1.82) is 0 Å². The van der Waals surface area contributed by atoms with Crippen molar-refractivity contribution in [1.82, 2.24) is 9.80 Å². The van der Waals surface area contributed by atoms with Crippen LogP contribution in [0.25, 0.3) is 0 Å². The molecule has 0 aromatic heterocycles. The molecule has 1 saturated heterocycles. The standard InChI is InChI=1S/C15H19N3O2/c1-17-7-5-10(6-8-17)9-18-14(19)11-3-2-4-12(16)13(11)15(18)20/h2-4,10H,5-9,16H2,1H3. The van der Waals surface area contributed by atoms with E-state index in [-0.39, 0.29) is 11.8 Å². The monoisotopic (exact) mass is 273 g/mol. The van der Waals surface area contributed by atoms with Crippen molar-refractivity contribution in [3.8, 4) is 0 Å². The van der Waals surface area contributed by atoms with Crippen LogP contribution in [0.3, 0.4) is 0 Å². The molecule has 5 heteroatoms. The van der Waals surface area contributed by atoms with Crippen molar-refractivity contribution in [2.24, 2.45) is 5.92 Å². The Morgan fingerprint density at radius 1 is 1.20 bits per heavy atom. The van der Waals surface area contributed by atoms with Crippen LogP contribution in [-0.4, -0.2) is 48.3 Å². The van der Waals surface area contributed by atoms with E-state index in [1.165, 1.54) is 4.90 Å². The van der Waals surface area contributed by atoms with Crippen LogP contribution in [0.4, 0.5) is 5.69 Å². The number of anilines is 1. The van der Waals surface area contributed by atoms with Gasteiger partial charge in [-0.15, -0.1) is 0 Å². The maximum absolute atomic E-state index is 12.4. The number of hydrogen-bond donors (Lipinski definition) is 1. The van der Waals surface area contributed by atoms with E-state index in [4.69, 9.17) is 5.73 Å². The lowest BCUT2D eigenvalue weighted by Gasteiger charge is -2.30. The lowest BCUT2D eigenvalue weighted by molar-refractivity contribution is 0.0605. The van der Waals surface area contributed by atoms with Crippen molar-refractivity contribution < 1.29 is 9.59 Å². The maximum Gasteiger partial charge on any atom is 0.263 e. The first-order valence-electron chi connectivity index (χ1n) is 7.01. The van der Waals surface area contributed by atoms with Gasteiger partial charge in [0.1, 0.15) is 0 Å². The van der Waals surface area contributed by atoms with Gasteiger partial charge in [0.25, 0.3) is 11.8 Å². The smallest absolute Gasteiger partial charge is 0.263 e. The fourth-order valence-corrected chi connectivity index (χ4v) is 3.03. The van der Waals surface area contributed by atoms with Gasteiger partial charge in [0.15, 0.2) is 0 Å². The largest absolute Gasteiger partial charge is 0.398 e. The van der Waals surface area contributed by atoms with E-state index in [1.54, 1.807) is 18.2 Å². The van der Waals surface area contributed by atoms with Crippen molar-refractivity contribution in [3.63, 3.8) is 0 Å². The normalized spacial score (nSPS) is 20.6. The van der Waals surface area contributed by atoms with Crippen LogP contribution in [0, 0.1) is 5.92 Å². The van der Waals surface area contributed by atoms with Crippen LogP contribution in [0.2, 0.25) is 0 Å². The molecule has 0 saturated carbocycles. The van der Waals surface area contributed by atoms with E-state index in [0.29, 0.717) is 29.3 Å². The summed E-state index contributed by atoms with van der Waals surface area (Å²) in [6.07, 6.45) is 2.05. The highest BCUT2D eigenvalue weighted by atomic mass is 16.2. The molecule has 1 aromatic carbocycles. The highest BCUT2D eigenvalue weighted by Crippen LogP contribution is 2.29. The number of benzene rings is 1. The van der Waals surface area contributed by atoms with Gasteiger partial charge in [0.2, 0.25) is 0 Å². The van der Waals surface area contributed by atoms with E-state index in [9.17, 15) is 9.59 Å². The molecule has 2 amide bonds. The molecule has 2 aliphatic rings. The predicted octanol–water partition coefficient (Wildman–Crippen LogP) is 1.21. The van der Waals surface area contributed by atoms with Crippen LogP contribution in [-0.2, 0) is 0 Å². The number of fused-ring (bicyclic) bond motifs is 1. The lowest BCUT2D eigenvalue weighted by Crippen LogP contribution is -2.39. The van der Waals surface area contributed by atoms with E-state index in [2.05, 4.69) is 11.9 Å². The van der Waals surface area contributed by atoms with Gasteiger partial charge in [-0.05, 0) is 51.0 Å². The Kier molecular flexibility index (Phi) is 3.22. The number of nitrogens with zero attached hydrogens (tertiary/aromatic N) is 2. The second-order valence-corrected chi connectivity index (χ2v) is 5.74. The first-order valence-corrected chi connectivity index (χ1v) is 7.01.